The summed E-state index contributed by atoms with van der Waals surface area (Å²) in [6.45, 7) is 15.4. The highest BCUT2D eigenvalue weighted by Crippen LogP contribution is 2.38. The number of benzene rings is 1. The fraction of sp³-hybridized carbons (Fsp3) is 0.571. The highest BCUT2D eigenvalue weighted by molar-refractivity contribution is 6.56. The number of hydrogen-bond donors (Lipinski definition) is 2. The zero-order chi connectivity index (χ0) is 21.3. The molecular formula is C21H32BNO5. The van der Waals surface area contributed by atoms with Gasteiger partial charge in [-0.1, -0.05) is 12.1 Å². The van der Waals surface area contributed by atoms with E-state index in [1.54, 1.807) is 12.1 Å². The molecule has 0 bridgehead atoms. The molecule has 0 aromatic heterocycles. The molecule has 0 atom stereocenters. The van der Waals surface area contributed by atoms with Gasteiger partial charge in [0, 0.05) is 6.54 Å². The van der Waals surface area contributed by atoms with Gasteiger partial charge in [-0.2, -0.15) is 0 Å². The molecule has 1 aliphatic rings. The zero-order valence-electron chi connectivity index (χ0n) is 18.2. The molecule has 1 amide bonds. The second-order valence-corrected chi connectivity index (χ2v) is 9.26. The summed E-state index contributed by atoms with van der Waals surface area (Å²) in [6, 6.07) is 5.29. The maximum Gasteiger partial charge on any atom is 0.492 e. The Bertz CT molecular complexity index is 728. The minimum absolute atomic E-state index is 0.180. The predicted octanol–water partition coefficient (Wildman–Crippen LogP) is 4.24. The van der Waals surface area contributed by atoms with Crippen molar-refractivity contribution < 1.29 is 23.9 Å². The van der Waals surface area contributed by atoms with E-state index in [0.29, 0.717) is 0 Å². The molecule has 1 aromatic carbocycles. The highest BCUT2D eigenvalue weighted by atomic mass is 16.7. The van der Waals surface area contributed by atoms with Crippen LogP contribution in [0.2, 0.25) is 0 Å². The zero-order valence-corrected chi connectivity index (χ0v) is 18.2. The normalized spacial score (nSPS) is 18.9. The lowest BCUT2D eigenvalue weighted by molar-refractivity contribution is 0.00578. The van der Waals surface area contributed by atoms with E-state index in [-0.39, 0.29) is 12.3 Å². The Balaban J connectivity index is 2.28. The molecular weight excluding hydrogens is 357 g/mol. The molecule has 28 heavy (non-hydrogen) atoms. The second-order valence-electron chi connectivity index (χ2n) is 9.26. The van der Waals surface area contributed by atoms with Crippen LogP contribution in [0.3, 0.4) is 0 Å². The molecule has 0 saturated carbocycles. The molecule has 1 fully saturated rings. The average Bonchev–Trinajstić information content (AvgIpc) is 2.68. The lowest BCUT2D eigenvalue weighted by Crippen LogP contribution is -2.41. The largest absolute Gasteiger partial charge is 0.508 e. The van der Waals surface area contributed by atoms with E-state index in [2.05, 4.69) is 5.32 Å². The van der Waals surface area contributed by atoms with Gasteiger partial charge in [0.1, 0.15) is 11.4 Å². The molecule has 1 aliphatic heterocycles. The molecule has 7 heteroatoms. The Morgan fingerprint density at radius 3 is 2.25 bits per heavy atom. The predicted molar refractivity (Wildman–Crippen MR) is 111 cm³/mol. The molecule has 6 nitrogen and oxygen atoms in total. The Labute approximate surface area is 168 Å². The maximum absolute atomic E-state index is 12.1. The first-order valence-electron chi connectivity index (χ1n) is 9.52. The molecule has 0 spiro atoms. The topological polar surface area (TPSA) is 77.0 Å². The van der Waals surface area contributed by atoms with Gasteiger partial charge in [-0.3, -0.25) is 0 Å². The quantitative estimate of drug-likeness (QED) is 0.754. The monoisotopic (exact) mass is 389 g/mol. The summed E-state index contributed by atoms with van der Waals surface area (Å²) in [5.41, 5.74) is 0.873. The molecule has 1 aromatic rings. The molecule has 2 rings (SSSR count). The Kier molecular flexibility index (Phi) is 6.21. The van der Waals surface area contributed by atoms with Crippen LogP contribution < -0.4 is 5.32 Å². The molecule has 1 heterocycles. The van der Waals surface area contributed by atoms with Gasteiger partial charge in [-0.25, -0.2) is 4.79 Å². The van der Waals surface area contributed by atoms with Crippen molar-refractivity contribution in [3.63, 3.8) is 0 Å². The van der Waals surface area contributed by atoms with Crippen molar-refractivity contribution in [1.82, 2.24) is 5.32 Å². The smallest absolute Gasteiger partial charge is 0.492 e. The van der Waals surface area contributed by atoms with Crippen LogP contribution in [0, 0.1) is 6.92 Å². The van der Waals surface area contributed by atoms with E-state index in [4.69, 9.17) is 14.0 Å². The number of amides is 1. The van der Waals surface area contributed by atoms with E-state index < -0.39 is 30.0 Å². The van der Waals surface area contributed by atoms with Gasteiger partial charge in [-0.15, -0.1) is 0 Å². The number of rotatable bonds is 4. The number of ether oxygens (including phenoxy) is 1. The summed E-state index contributed by atoms with van der Waals surface area (Å²) in [6.07, 6.45) is 1.36. The standard InChI is InChI=1S/C21H32BNO5/c1-14-9-15(12-17(24)10-14)11-16(13-23-18(25)26-19(2,3)4)22-27-20(5,6)21(7,8)28-22/h9-12,24H,13H2,1-8H3,(H,23,25). The summed E-state index contributed by atoms with van der Waals surface area (Å²) >= 11 is 0. The fourth-order valence-corrected chi connectivity index (χ4v) is 2.77. The maximum atomic E-state index is 12.1. The first-order chi connectivity index (χ1) is 12.7. The lowest BCUT2D eigenvalue weighted by Gasteiger charge is -2.32. The second kappa shape index (κ2) is 7.80. The van der Waals surface area contributed by atoms with Crippen LogP contribution in [-0.2, 0) is 14.0 Å². The van der Waals surface area contributed by atoms with Crippen LogP contribution in [0.15, 0.2) is 23.7 Å². The fourth-order valence-electron chi connectivity index (χ4n) is 2.77. The Morgan fingerprint density at radius 2 is 1.75 bits per heavy atom. The minimum Gasteiger partial charge on any atom is -0.508 e. The number of carbonyl (C=O) groups is 1. The van der Waals surface area contributed by atoms with Gasteiger partial charge in [0.05, 0.1) is 11.2 Å². The van der Waals surface area contributed by atoms with E-state index in [1.165, 1.54) is 0 Å². The van der Waals surface area contributed by atoms with Crippen molar-refractivity contribution in [3.8, 4) is 5.75 Å². The van der Waals surface area contributed by atoms with Gasteiger partial charge in [0.25, 0.3) is 0 Å². The van der Waals surface area contributed by atoms with Crippen molar-refractivity contribution in [2.24, 2.45) is 0 Å². The summed E-state index contributed by atoms with van der Waals surface area (Å²) in [4.78, 5) is 12.1. The number of alkyl carbamates (subject to hydrolysis) is 1. The summed E-state index contributed by atoms with van der Waals surface area (Å²) in [5, 5.41) is 12.7. The van der Waals surface area contributed by atoms with E-state index in [0.717, 1.165) is 16.6 Å². The summed E-state index contributed by atoms with van der Waals surface area (Å²) < 4.78 is 17.6. The SMILES string of the molecule is Cc1cc(O)cc(C=C(CNC(=O)OC(C)(C)C)B2OC(C)(C)C(C)(C)O2)c1. The van der Waals surface area contributed by atoms with Crippen molar-refractivity contribution >= 4 is 19.3 Å². The van der Waals surface area contributed by atoms with Crippen molar-refractivity contribution in [2.45, 2.75) is 72.2 Å². The van der Waals surface area contributed by atoms with E-state index in [1.807, 2.05) is 67.5 Å². The van der Waals surface area contributed by atoms with Crippen LogP contribution >= 0.6 is 0 Å². The minimum atomic E-state index is -0.623. The summed E-state index contributed by atoms with van der Waals surface area (Å²) in [7, 11) is -0.623. The van der Waals surface area contributed by atoms with E-state index in [9.17, 15) is 9.90 Å². The third-order valence-corrected chi connectivity index (χ3v) is 4.83. The van der Waals surface area contributed by atoms with Crippen molar-refractivity contribution in [3.05, 3.63) is 34.8 Å². The first-order valence-corrected chi connectivity index (χ1v) is 9.52. The van der Waals surface area contributed by atoms with Gasteiger partial charge < -0.3 is 24.5 Å². The van der Waals surface area contributed by atoms with Crippen LogP contribution in [0.1, 0.15) is 59.6 Å². The number of phenols is 1. The number of carbonyl (C=O) groups excluding carboxylic acids is 1. The van der Waals surface area contributed by atoms with Crippen molar-refractivity contribution in [1.29, 1.82) is 0 Å². The third kappa shape index (κ3) is 5.75. The molecule has 154 valence electrons. The molecule has 2 N–H and O–H groups in total. The highest BCUT2D eigenvalue weighted by Gasteiger charge is 2.52. The lowest BCUT2D eigenvalue weighted by atomic mass is 9.77. The summed E-state index contributed by atoms with van der Waals surface area (Å²) in [5.74, 6) is 0.180. The molecule has 0 unspecified atom stereocenters. The third-order valence-electron chi connectivity index (χ3n) is 4.83. The average molecular weight is 389 g/mol. The van der Waals surface area contributed by atoms with Gasteiger partial charge >= 0.3 is 13.2 Å². The first kappa shape index (κ1) is 22.3. The Hall–Kier alpha value is -1.99. The molecule has 1 saturated heterocycles. The number of aryl methyl sites for hydroxylation is 1. The van der Waals surface area contributed by atoms with E-state index >= 15 is 0 Å². The Morgan fingerprint density at radius 1 is 1.18 bits per heavy atom. The molecule has 0 radical (unpaired) electrons. The van der Waals surface area contributed by atoms with Gasteiger partial charge in [-0.05, 0) is 84.1 Å². The van der Waals surface area contributed by atoms with Crippen LogP contribution in [-0.4, -0.2) is 41.7 Å². The van der Waals surface area contributed by atoms with Crippen molar-refractivity contribution in [2.75, 3.05) is 6.54 Å². The van der Waals surface area contributed by atoms with Gasteiger partial charge in [0.15, 0.2) is 0 Å². The van der Waals surface area contributed by atoms with Crippen LogP contribution in [0.5, 0.6) is 5.75 Å². The van der Waals surface area contributed by atoms with Crippen LogP contribution in [0.4, 0.5) is 4.79 Å². The number of aromatic hydroxyl groups is 1. The number of nitrogens with one attached hydrogen (secondary N) is 1. The molecule has 0 aliphatic carbocycles. The van der Waals surface area contributed by atoms with Crippen LogP contribution in [0.25, 0.3) is 6.08 Å². The van der Waals surface area contributed by atoms with Gasteiger partial charge in [0.2, 0.25) is 0 Å². The number of phenolic OH excluding ortho intramolecular Hbond substituents is 1. The number of hydrogen-bond acceptors (Lipinski definition) is 5.